The summed E-state index contributed by atoms with van der Waals surface area (Å²) in [6, 6.07) is 21.9. The number of hydrogen-bond acceptors (Lipinski definition) is 6. The van der Waals surface area contributed by atoms with Crippen molar-refractivity contribution in [1.29, 1.82) is 0 Å². The van der Waals surface area contributed by atoms with Gasteiger partial charge in [-0.05, 0) is 55.0 Å². The first-order chi connectivity index (χ1) is 17.5. The Morgan fingerprint density at radius 3 is 2.50 bits per heavy atom. The van der Waals surface area contributed by atoms with Crippen LogP contribution in [0.4, 0.5) is 11.6 Å². The van der Waals surface area contributed by atoms with E-state index in [1.54, 1.807) is 36.1 Å². The second-order valence-corrected chi connectivity index (χ2v) is 8.63. The lowest BCUT2D eigenvalue weighted by atomic mass is 9.95. The molecule has 1 amide bonds. The van der Waals surface area contributed by atoms with Gasteiger partial charge in [-0.2, -0.15) is 10.1 Å². The molecule has 1 aliphatic heterocycles. The van der Waals surface area contributed by atoms with Crippen molar-refractivity contribution in [2.24, 2.45) is 0 Å². The normalized spacial score (nSPS) is 14.6. The molecular formula is C27H24ClN5O3. The summed E-state index contributed by atoms with van der Waals surface area (Å²) in [5.41, 5.74) is 3.67. The van der Waals surface area contributed by atoms with Crippen LogP contribution < -0.4 is 20.1 Å². The number of methoxy groups -OCH3 is 1. The average molecular weight is 502 g/mol. The molecule has 0 spiro atoms. The Bertz CT molecular complexity index is 1410. The van der Waals surface area contributed by atoms with Gasteiger partial charge < -0.3 is 20.1 Å². The molecule has 182 valence electrons. The predicted octanol–water partition coefficient (Wildman–Crippen LogP) is 5.45. The van der Waals surface area contributed by atoms with E-state index in [0.29, 0.717) is 46.0 Å². The van der Waals surface area contributed by atoms with E-state index >= 15 is 0 Å². The summed E-state index contributed by atoms with van der Waals surface area (Å²) in [6.45, 7) is 2.21. The summed E-state index contributed by atoms with van der Waals surface area (Å²) in [5, 5.41) is 11.2. The van der Waals surface area contributed by atoms with Gasteiger partial charge in [0.1, 0.15) is 30.5 Å². The zero-order valence-corrected chi connectivity index (χ0v) is 20.5. The van der Waals surface area contributed by atoms with E-state index in [4.69, 9.17) is 21.1 Å². The van der Waals surface area contributed by atoms with Crippen molar-refractivity contribution in [2.75, 3.05) is 17.7 Å². The van der Waals surface area contributed by atoms with Crippen LogP contribution in [0.5, 0.6) is 11.5 Å². The minimum atomic E-state index is -0.473. The summed E-state index contributed by atoms with van der Waals surface area (Å²) in [4.78, 5) is 17.8. The van der Waals surface area contributed by atoms with Crippen molar-refractivity contribution in [1.82, 2.24) is 14.8 Å². The van der Waals surface area contributed by atoms with Gasteiger partial charge in [0.15, 0.2) is 0 Å². The molecule has 0 saturated carbocycles. The Hall–Kier alpha value is -4.30. The minimum Gasteiger partial charge on any atom is -0.497 e. The van der Waals surface area contributed by atoms with E-state index in [-0.39, 0.29) is 5.91 Å². The van der Waals surface area contributed by atoms with Crippen LogP contribution in [0.2, 0.25) is 5.02 Å². The molecular weight excluding hydrogens is 478 g/mol. The Labute approximate surface area is 213 Å². The number of carbonyl (C=O) groups is 1. The number of nitrogens with one attached hydrogen (secondary N) is 2. The van der Waals surface area contributed by atoms with Gasteiger partial charge in [-0.3, -0.25) is 4.79 Å². The van der Waals surface area contributed by atoms with E-state index in [0.717, 1.165) is 11.1 Å². The first-order valence-corrected chi connectivity index (χ1v) is 11.7. The molecule has 8 nitrogen and oxygen atoms in total. The van der Waals surface area contributed by atoms with Crippen molar-refractivity contribution in [3.8, 4) is 11.5 Å². The lowest BCUT2D eigenvalue weighted by Crippen LogP contribution is -2.31. The number of rotatable bonds is 7. The van der Waals surface area contributed by atoms with E-state index in [9.17, 15) is 4.79 Å². The van der Waals surface area contributed by atoms with Gasteiger partial charge in [0.05, 0.1) is 12.7 Å². The van der Waals surface area contributed by atoms with Crippen LogP contribution in [0.1, 0.15) is 24.1 Å². The molecule has 2 N–H and O–H groups in total. The molecule has 3 aromatic carbocycles. The molecule has 4 aromatic rings. The number of nitrogens with zero attached hydrogens (tertiary/aromatic N) is 3. The second-order valence-electron chi connectivity index (χ2n) is 8.23. The van der Waals surface area contributed by atoms with Crippen LogP contribution >= 0.6 is 11.6 Å². The van der Waals surface area contributed by atoms with Gasteiger partial charge in [-0.15, -0.1) is 0 Å². The van der Waals surface area contributed by atoms with E-state index in [1.807, 2.05) is 55.5 Å². The number of benzene rings is 3. The van der Waals surface area contributed by atoms with Crippen LogP contribution in [0.15, 0.2) is 90.4 Å². The highest BCUT2D eigenvalue weighted by Crippen LogP contribution is 2.36. The van der Waals surface area contributed by atoms with Crippen molar-refractivity contribution in [3.63, 3.8) is 0 Å². The summed E-state index contributed by atoms with van der Waals surface area (Å²) >= 11 is 6.24. The van der Waals surface area contributed by atoms with Gasteiger partial charge in [0.2, 0.25) is 5.95 Å². The third-order valence-corrected chi connectivity index (χ3v) is 6.30. The number of amides is 1. The number of fused-ring (bicyclic) bond motifs is 1. The molecule has 1 atom stereocenters. The zero-order valence-electron chi connectivity index (χ0n) is 19.7. The van der Waals surface area contributed by atoms with Gasteiger partial charge in [-0.1, -0.05) is 41.9 Å². The molecule has 2 heterocycles. The SMILES string of the molecule is COc1ccc(NC(=O)C2=C(C)Nc3ncnn3[C@H]2c2ccc(OCc3ccccc3Cl)cc2)cc1. The molecule has 0 bridgehead atoms. The highest BCUT2D eigenvalue weighted by molar-refractivity contribution is 6.31. The Morgan fingerprint density at radius 2 is 1.78 bits per heavy atom. The molecule has 9 heteroatoms. The van der Waals surface area contributed by atoms with E-state index < -0.39 is 6.04 Å². The average Bonchev–Trinajstić information content (AvgIpc) is 3.36. The predicted molar refractivity (Wildman–Crippen MR) is 138 cm³/mol. The number of hydrogen-bond donors (Lipinski definition) is 2. The quantitative estimate of drug-likeness (QED) is 0.350. The molecule has 0 aliphatic carbocycles. The summed E-state index contributed by atoms with van der Waals surface area (Å²) in [5.74, 6) is 1.73. The molecule has 0 fully saturated rings. The smallest absolute Gasteiger partial charge is 0.255 e. The monoisotopic (exact) mass is 501 g/mol. The molecule has 5 rings (SSSR count). The van der Waals surface area contributed by atoms with Gasteiger partial charge in [0, 0.05) is 22.0 Å². The van der Waals surface area contributed by atoms with E-state index in [2.05, 4.69) is 20.7 Å². The summed E-state index contributed by atoms with van der Waals surface area (Å²) in [7, 11) is 1.60. The van der Waals surface area contributed by atoms with Crippen LogP contribution in [0.3, 0.4) is 0 Å². The first-order valence-electron chi connectivity index (χ1n) is 11.3. The molecule has 0 saturated heterocycles. The van der Waals surface area contributed by atoms with Crippen LogP contribution in [-0.4, -0.2) is 27.8 Å². The first kappa shape index (κ1) is 23.4. The standard InChI is InChI=1S/C27H24ClN5O3/c1-17-24(26(34)32-20-9-13-21(35-2)14-10-20)25(33-27(31-17)29-16-30-33)18-7-11-22(12-8-18)36-15-19-5-3-4-6-23(19)28/h3-14,16,25H,15H2,1-2H3,(H,32,34)(H,29,30,31)/t25-/m0/s1. The molecule has 0 unspecified atom stereocenters. The summed E-state index contributed by atoms with van der Waals surface area (Å²) in [6.07, 6.45) is 1.47. The number of carbonyl (C=O) groups excluding carboxylic acids is 1. The molecule has 1 aliphatic rings. The fourth-order valence-electron chi connectivity index (χ4n) is 4.09. The van der Waals surface area contributed by atoms with Crippen molar-refractivity contribution in [3.05, 3.63) is 107 Å². The maximum atomic E-state index is 13.5. The Kier molecular flexibility index (Phi) is 6.60. The van der Waals surface area contributed by atoms with Crippen LogP contribution in [0, 0.1) is 0 Å². The lowest BCUT2D eigenvalue weighted by Gasteiger charge is -2.28. The third-order valence-electron chi connectivity index (χ3n) is 5.93. The maximum absolute atomic E-state index is 13.5. The van der Waals surface area contributed by atoms with Crippen molar-refractivity contribution >= 4 is 29.1 Å². The fraction of sp³-hybridized carbons (Fsp3) is 0.148. The maximum Gasteiger partial charge on any atom is 0.255 e. The van der Waals surface area contributed by atoms with Gasteiger partial charge in [0.25, 0.3) is 5.91 Å². The van der Waals surface area contributed by atoms with Crippen LogP contribution in [0.25, 0.3) is 0 Å². The number of aromatic nitrogens is 3. The fourth-order valence-corrected chi connectivity index (χ4v) is 4.28. The molecule has 1 aromatic heterocycles. The highest BCUT2D eigenvalue weighted by Gasteiger charge is 2.33. The topological polar surface area (TPSA) is 90.3 Å². The van der Waals surface area contributed by atoms with E-state index in [1.165, 1.54) is 6.33 Å². The highest BCUT2D eigenvalue weighted by atomic mass is 35.5. The zero-order chi connectivity index (χ0) is 25.1. The summed E-state index contributed by atoms with van der Waals surface area (Å²) < 4.78 is 12.8. The Balaban J connectivity index is 1.40. The number of ether oxygens (including phenoxy) is 2. The number of anilines is 2. The Morgan fingerprint density at radius 1 is 1.06 bits per heavy atom. The largest absolute Gasteiger partial charge is 0.497 e. The van der Waals surface area contributed by atoms with Crippen molar-refractivity contribution in [2.45, 2.75) is 19.6 Å². The molecule has 0 radical (unpaired) electrons. The lowest BCUT2D eigenvalue weighted by molar-refractivity contribution is -0.113. The number of allylic oxidation sites excluding steroid dienone is 1. The second kappa shape index (κ2) is 10.1. The van der Waals surface area contributed by atoms with Crippen molar-refractivity contribution < 1.29 is 14.3 Å². The number of halogens is 1. The minimum absolute atomic E-state index is 0.240. The van der Waals surface area contributed by atoms with Gasteiger partial charge >= 0.3 is 0 Å². The van der Waals surface area contributed by atoms with Crippen LogP contribution in [-0.2, 0) is 11.4 Å². The molecule has 36 heavy (non-hydrogen) atoms. The van der Waals surface area contributed by atoms with Gasteiger partial charge in [-0.25, -0.2) is 4.68 Å². The third kappa shape index (κ3) is 4.76.